The third-order valence-electron chi connectivity index (χ3n) is 3.87. The Labute approximate surface area is 149 Å². The summed E-state index contributed by atoms with van der Waals surface area (Å²) in [6.45, 7) is 0. The molecular weight excluding hydrogens is 338 g/mol. The van der Waals surface area contributed by atoms with Crippen molar-refractivity contribution in [3.63, 3.8) is 0 Å². The monoisotopic (exact) mass is 357 g/mol. The molecule has 2 unspecified atom stereocenters. The Morgan fingerprint density at radius 3 is 2.00 bits per heavy atom. The van der Waals surface area contributed by atoms with E-state index in [2.05, 4.69) is 5.32 Å². The fourth-order valence-electron chi connectivity index (χ4n) is 2.56. The van der Waals surface area contributed by atoms with Gasteiger partial charge in [0.2, 0.25) is 0 Å². The third-order valence-corrected chi connectivity index (χ3v) is 3.87. The summed E-state index contributed by atoms with van der Waals surface area (Å²) in [4.78, 5) is 32.9. The molecule has 136 valence electrons. The zero-order valence-electron chi connectivity index (χ0n) is 13.8. The molecule has 0 bridgehead atoms. The number of carboxylic acid groups (broad SMARTS) is 2. The standard InChI is InChI=1S/C19H19NO6/c21-16(18(23)24)11-15(20-17(22)19(25)26)10-12-6-8-14(9-7-12)13-4-2-1-3-5-13/h1-9,15-16,21H,10-11H2,(H,20,22)(H,23,24)(H,25,26). The van der Waals surface area contributed by atoms with Gasteiger partial charge in [-0.2, -0.15) is 0 Å². The summed E-state index contributed by atoms with van der Waals surface area (Å²) in [7, 11) is 0. The smallest absolute Gasteiger partial charge is 0.394 e. The van der Waals surface area contributed by atoms with E-state index in [1.165, 1.54) is 0 Å². The number of hydrogen-bond donors (Lipinski definition) is 4. The predicted molar refractivity (Wildman–Crippen MR) is 93.4 cm³/mol. The van der Waals surface area contributed by atoms with Gasteiger partial charge in [-0.1, -0.05) is 54.6 Å². The lowest BCUT2D eigenvalue weighted by atomic mass is 9.98. The van der Waals surface area contributed by atoms with E-state index in [-0.39, 0.29) is 12.8 Å². The molecule has 2 rings (SSSR count). The van der Waals surface area contributed by atoms with E-state index < -0.39 is 30.0 Å². The van der Waals surface area contributed by atoms with Crippen LogP contribution in [0.15, 0.2) is 54.6 Å². The lowest BCUT2D eigenvalue weighted by molar-refractivity contribution is -0.151. The van der Waals surface area contributed by atoms with Crippen molar-refractivity contribution in [2.75, 3.05) is 0 Å². The summed E-state index contributed by atoms with van der Waals surface area (Å²) in [5, 5.41) is 29.3. The molecule has 2 aromatic rings. The first-order valence-electron chi connectivity index (χ1n) is 7.96. The molecule has 0 aliphatic carbocycles. The molecule has 26 heavy (non-hydrogen) atoms. The largest absolute Gasteiger partial charge is 0.479 e. The van der Waals surface area contributed by atoms with Gasteiger partial charge in [0, 0.05) is 12.5 Å². The maximum absolute atomic E-state index is 11.4. The Hall–Kier alpha value is -3.19. The van der Waals surface area contributed by atoms with Crippen molar-refractivity contribution in [1.29, 1.82) is 0 Å². The highest BCUT2D eigenvalue weighted by atomic mass is 16.4. The lowest BCUT2D eigenvalue weighted by Crippen LogP contribution is -2.43. The first kappa shape index (κ1) is 19.1. The molecule has 4 N–H and O–H groups in total. The zero-order chi connectivity index (χ0) is 19.1. The summed E-state index contributed by atoms with van der Waals surface area (Å²) < 4.78 is 0. The molecule has 0 saturated heterocycles. The third kappa shape index (κ3) is 5.42. The lowest BCUT2D eigenvalue weighted by Gasteiger charge is -2.19. The second kappa shape index (κ2) is 8.77. The first-order valence-corrected chi connectivity index (χ1v) is 7.96. The molecule has 0 spiro atoms. The number of aliphatic hydroxyl groups is 1. The number of amides is 1. The molecule has 2 atom stereocenters. The van der Waals surface area contributed by atoms with Crippen LogP contribution in [0.5, 0.6) is 0 Å². The summed E-state index contributed by atoms with van der Waals surface area (Å²) in [6.07, 6.45) is -1.80. The molecule has 0 aliphatic heterocycles. The molecule has 0 radical (unpaired) electrons. The molecule has 0 fully saturated rings. The number of carbonyl (C=O) groups is 3. The van der Waals surface area contributed by atoms with E-state index in [0.717, 1.165) is 16.7 Å². The van der Waals surface area contributed by atoms with Gasteiger partial charge in [-0.05, 0) is 23.1 Å². The number of hydrogen-bond acceptors (Lipinski definition) is 4. The van der Waals surface area contributed by atoms with Crippen LogP contribution in [-0.4, -0.2) is 45.3 Å². The Morgan fingerprint density at radius 1 is 0.885 bits per heavy atom. The molecule has 7 nitrogen and oxygen atoms in total. The topological polar surface area (TPSA) is 124 Å². The quantitative estimate of drug-likeness (QED) is 0.554. The van der Waals surface area contributed by atoms with E-state index >= 15 is 0 Å². The second-order valence-corrected chi connectivity index (χ2v) is 5.83. The van der Waals surface area contributed by atoms with Crippen LogP contribution in [0.1, 0.15) is 12.0 Å². The molecule has 7 heteroatoms. The number of benzene rings is 2. The summed E-state index contributed by atoms with van der Waals surface area (Å²) in [6, 6.07) is 16.3. The Kier molecular flexibility index (Phi) is 6.46. The maximum Gasteiger partial charge on any atom is 0.394 e. The molecule has 1 amide bonds. The minimum Gasteiger partial charge on any atom is -0.479 e. The highest BCUT2D eigenvalue weighted by Gasteiger charge is 2.24. The van der Waals surface area contributed by atoms with Crippen LogP contribution in [0.2, 0.25) is 0 Å². The number of rotatable bonds is 7. The van der Waals surface area contributed by atoms with Crippen LogP contribution in [0.4, 0.5) is 0 Å². The minimum atomic E-state index is -1.70. The average molecular weight is 357 g/mol. The van der Waals surface area contributed by atoms with Crippen molar-refractivity contribution in [2.24, 2.45) is 0 Å². The normalized spacial score (nSPS) is 12.8. The maximum atomic E-state index is 11.4. The number of aliphatic hydroxyl groups excluding tert-OH is 1. The summed E-state index contributed by atoms with van der Waals surface area (Å²) in [5.41, 5.74) is 2.81. The van der Waals surface area contributed by atoms with E-state index in [0.29, 0.717) is 0 Å². The average Bonchev–Trinajstić information content (AvgIpc) is 2.62. The number of carboxylic acids is 2. The second-order valence-electron chi connectivity index (χ2n) is 5.83. The highest BCUT2D eigenvalue weighted by Crippen LogP contribution is 2.20. The van der Waals surface area contributed by atoms with Gasteiger partial charge in [0.25, 0.3) is 0 Å². The summed E-state index contributed by atoms with van der Waals surface area (Å²) >= 11 is 0. The van der Waals surface area contributed by atoms with E-state index in [1.807, 2.05) is 54.6 Å². The van der Waals surface area contributed by atoms with Crippen LogP contribution in [-0.2, 0) is 20.8 Å². The molecule has 0 aliphatic rings. The molecule has 0 saturated carbocycles. The Balaban J connectivity index is 2.12. The number of nitrogens with one attached hydrogen (secondary N) is 1. The van der Waals surface area contributed by atoms with Gasteiger partial charge in [0.1, 0.15) is 0 Å². The summed E-state index contributed by atoms with van der Waals surface area (Å²) in [5.74, 6) is -4.34. The van der Waals surface area contributed by atoms with Crippen molar-refractivity contribution >= 4 is 17.8 Å². The SMILES string of the molecule is O=C(O)C(=O)NC(Cc1ccc(-c2ccccc2)cc1)CC(O)C(=O)O. The molecule has 0 heterocycles. The minimum absolute atomic E-state index is 0.193. The fourth-order valence-corrected chi connectivity index (χ4v) is 2.56. The van der Waals surface area contributed by atoms with Crippen molar-refractivity contribution in [3.8, 4) is 11.1 Å². The van der Waals surface area contributed by atoms with Crippen molar-refractivity contribution in [1.82, 2.24) is 5.32 Å². The van der Waals surface area contributed by atoms with Crippen molar-refractivity contribution in [3.05, 3.63) is 60.2 Å². The Bertz CT molecular complexity index is 772. The number of aliphatic carboxylic acids is 2. The molecule has 0 aromatic heterocycles. The van der Waals surface area contributed by atoms with Crippen molar-refractivity contribution < 1.29 is 29.7 Å². The highest BCUT2D eigenvalue weighted by molar-refractivity contribution is 6.31. The zero-order valence-corrected chi connectivity index (χ0v) is 13.8. The van der Waals surface area contributed by atoms with Gasteiger partial charge in [-0.3, -0.25) is 4.79 Å². The van der Waals surface area contributed by atoms with Gasteiger partial charge < -0.3 is 20.6 Å². The van der Waals surface area contributed by atoms with Crippen molar-refractivity contribution in [2.45, 2.75) is 25.0 Å². The van der Waals surface area contributed by atoms with Gasteiger partial charge in [-0.15, -0.1) is 0 Å². The van der Waals surface area contributed by atoms with Crippen LogP contribution >= 0.6 is 0 Å². The molecular formula is C19H19NO6. The first-order chi connectivity index (χ1) is 12.4. The van der Waals surface area contributed by atoms with Crippen LogP contribution in [0.3, 0.4) is 0 Å². The van der Waals surface area contributed by atoms with E-state index in [4.69, 9.17) is 10.2 Å². The van der Waals surface area contributed by atoms with Crippen LogP contribution in [0, 0.1) is 0 Å². The Morgan fingerprint density at radius 2 is 1.46 bits per heavy atom. The fraction of sp³-hybridized carbons (Fsp3) is 0.211. The number of carbonyl (C=O) groups excluding carboxylic acids is 1. The van der Waals surface area contributed by atoms with Gasteiger partial charge in [0.15, 0.2) is 6.10 Å². The van der Waals surface area contributed by atoms with Crippen LogP contribution in [0.25, 0.3) is 11.1 Å². The van der Waals surface area contributed by atoms with Gasteiger partial charge >= 0.3 is 17.8 Å². The molecule has 2 aromatic carbocycles. The van der Waals surface area contributed by atoms with E-state index in [9.17, 15) is 19.5 Å². The van der Waals surface area contributed by atoms with Gasteiger partial charge in [-0.25, -0.2) is 9.59 Å². The van der Waals surface area contributed by atoms with Gasteiger partial charge in [0.05, 0.1) is 0 Å². The predicted octanol–water partition coefficient (Wildman–Crippen LogP) is 1.30. The van der Waals surface area contributed by atoms with E-state index in [1.54, 1.807) is 0 Å². The van der Waals surface area contributed by atoms with Crippen LogP contribution < -0.4 is 5.32 Å².